The van der Waals surface area contributed by atoms with Crippen molar-refractivity contribution >= 4 is 28.2 Å². The van der Waals surface area contributed by atoms with Gasteiger partial charge in [0, 0.05) is 17.8 Å². The molecule has 0 amide bonds. The van der Waals surface area contributed by atoms with Crippen LogP contribution in [0.1, 0.15) is 40.3 Å². The Morgan fingerprint density at radius 1 is 1.17 bits per heavy atom. The lowest BCUT2D eigenvalue weighted by atomic mass is 10.00. The number of allylic oxidation sites excluding steroid dienone is 1. The van der Waals surface area contributed by atoms with Crippen LogP contribution >= 0.6 is 0 Å². The van der Waals surface area contributed by atoms with E-state index in [1.165, 1.54) is 13.0 Å². The third-order valence-corrected chi connectivity index (χ3v) is 2.83. The van der Waals surface area contributed by atoms with Gasteiger partial charge in [-0.1, -0.05) is 12.2 Å². The minimum atomic E-state index is -1.01. The van der Waals surface area contributed by atoms with Gasteiger partial charge in [-0.3, -0.25) is 4.79 Å². The summed E-state index contributed by atoms with van der Waals surface area (Å²) in [6.07, 6.45) is 0. The molecule has 4 heteroatoms. The van der Waals surface area contributed by atoms with E-state index in [9.17, 15) is 9.59 Å². The molecule has 2 N–H and O–H groups in total. The Morgan fingerprint density at radius 2 is 1.83 bits per heavy atom. The minimum Gasteiger partial charge on any atom is -0.478 e. The molecular formula is C14H13NO3. The molecule has 0 aliphatic rings. The van der Waals surface area contributed by atoms with Gasteiger partial charge in [0.2, 0.25) is 0 Å². The summed E-state index contributed by atoms with van der Waals surface area (Å²) in [4.78, 5) is 25.4. The molecule has 0 fully saturated rings. The van der Waals surface area contributed by atoms with Gasteiger partial charge in [0.1, 0.15) is 0 Å². The maximum Gasteiger partial charge on any atom is 0.336 e. The summed E-state index contributed by atoms with van der Waals surface area (Å²) in [6, 6.07) is 4.99. The van der Waals surface area contributed by atoms with Crippen LogP contribution in [0.5, 0.6) is 0 Å². The molecule has 2 aromatic rings. The Bertz CT molecular complexity index is 629. The smallest absolute Gasteiger partial charge is 0.336 e. The van der Waals surface area contributed by atoms with E-state index in [2.05, 4.69) is 11.6 Å². The first-order valence-corrected chi connectivity index (χ1v) is 5.47. The predicted molar refractivity (Wildman–Crippen MR) is 70.0 cm³/mol. The van der Waals surface area contributed by atoms with Crippen LogP contribution in [0.3, 0.4) is 0 Å². The number of Topliss-reactive ketones (excluding diaryl/α,β-unsaturated/α-hetero) is 1. The van der Waals surface area contributed by atoms with E-state index in [0.717, 1.165) is 5.39 Å². The number of nitrogens with one attached hydrogen (secondary N) is 1. The molecule has 1 heterocycles. The van der Waals surface area contributed by atoms with E-state index in [4.69, 9.17) is 5.11 Å². The quantitative estimate of drug-likeness (QED) is 0.814. The summed E-state index contributed by atoms with van der Waals surface area (Å²) < 4.78 is 0. The van der Waals surface area contributed by atoms with E-state index < -0.39 is 5.97 Å². The Hall–Kier alpha value is -2.36. The Labute approximate surface area is 104 Å². The summed E-state index contributed by atoms with van der Waals surface area (Å²) in [7, 11) is 0. The second-order valence-corrected chi connectivity index (χ2v) is 4.31. The number of hydrogen-bond donors (Lipinski definition) is 2. The standard InChI is InChI=1S/C14H13NO3/c1-7(2)10-4-9-5-12(8(3)16)15-13(9)6-11(10)14(17)18/h4-6,15H,1H2,2-3H3,(H,17,18). The second kappa shape index (κ2) is 4.14. The number of hydrogen-bond acceptors (Lipinski definition) is 2. The van der Waals surface area contributed by atoms with Crippen molar-refractivity contribution in [2.24, 2.45) is 0 Å². The molecule has 0 bridgehead atoms. The number of carbonyl (C=O) groups excluding carboxylic acids is 1. The summed E-state index contributed by atoms with van der Waals surface area (Å²) in [5.74, 6) is -1.09. The average molecular weight is 243 g/mol. The first-order valence-electron chi connectivity index (χ1n) is 5.47. The maximum atomic E-state index is 11.3. The normalized spacial score (nSPS) is 10.6. The maximum absolute atomic E-state index is 11.3. The molecule has 1 aromatic carbocycles. The molecule has 0 saturated heterocycles. The Morgan fingerprint density at radius 3 is 2.33 bits per heavy atom. The number of H-pyrrole nitrogens is 1. The lowest BCUT2D eigenvalue weighted by Gasteiger charge is -2.05. The molecule has 0 aliphatic heterocycles. The lowest BCUT2D eigenvalue weighted by molar-refractivity contribution is 0.0696. The van der Waals surface area contributed by atoms with Gasteiger partial charge in [0.25, 0.3) is 0 Å². The fourth-order valence-electron chi connectivity index (χ4n) is 1.90. The monoisotopic (exact) mass is 243 g/mol. The van der Waals surface area contributed by atoms with Crippen molar-refractivity contribution in [3.05, 3.63) is 41.6 Å². The van der Waals surface area contributed by atoms with Crippen molar-refractivity contribution in [3.8, 4) is 0 Å². The number of fused-ring (bicyclic) bond motifs is 1. The van der Waals surface area contributed by atoms with E-state index in [1.807, 2.05) is 0 Å². The van der Waals surface area contributed by atoms with Crippen molar-refractivity contribution < 1.29 is 14.7 Å². The van der Waals surface area contributed by atoms with Gasteiger partial charge < -0.3 is 10.1 Å². The van der Waals surface area contributed by atoms with Crippen LogP contribution in [-0.4, -0.2) is 21.8 Å². The minimum absolute atomic E-state index is 0.0834. The fraction of sp³-hybridized carbons (Fsp3) is 0.143. The molecule has 18 heavy (non-hydrogen) atoms. The highest BCUT2D eigenvalue weighted by Crippen LogP contribution is 2.25. The van der Waals surface area contributed by atoms with E-state index >= 15 is 0 Å². The summed E-state index contributed by atoms with van der Waals surface area (Å²) in [5, 5.41) is 9.98. The van der Waals surface area contributed by atoms with Gasteiger partial charge in [-0.25, -0.2) is 4.79 Å². The van der Waals surface area contributed by atoms with Crippen molar-refractivity contribution in [2.75, 3.05) is 0 Å². The van der Waals surface area contributed by atoms with Gasteiger partial charge in [0.05, 0.1) is 11.3 Å². The highest BCUT2D eigenvalue weighted by molar-refractivity contribution is 6.02. The highest BCUT2D eigenvalue weighted by atomic mass is 16.4. The van der Waals surface area contributed by atoms with Gasteiger partial charge in [-0.15, -0.1) is 0 Å². The van der Waals surface area contributed by atoms with Crippen molar-refractivity contribution in [2.45, 2.75) is 13.8 Å². The zero-order chi connectivity index (χ0) is 13.4. The molecule has 0 aliphatic carbocycles. The molecular weight excluding hydrogens is 230 g/mol. The van der Waals surface area contributed by atoms with E-state index in [0.29, 0.717) is 22.3 Å². The molecule has 92 valence electrons. The molecule has 2 rings (SSSR count). The third-order valence-electron chi connectivity index (χ3n) is 2.83. The molecule has 0 unspecified atom stereocenters. The van der Waals surface area contributed by atoms with Crippen LogP contribution in [0.4, 0.5) is 0 Å². The van der Waals surface area contributed by atoms with Crippen LogP contribution in [0.25, 0.3) is 16.5 Å². The van der Waals surface area contributed by atoms with E-state index in [-0.39, 0.29) is 11.3 Å². The molecule has 4 nitrogen and oxygen atoms in total. The number of aromatic amines is 1. The number of carboxylic acid groups (broad SMARTS) is 1. The molecule has 0 atom stereocenters. The van der Waals surface area contributed by atoms with Crippen LogP contribution < -0.4 is 0 Å². The SMILES string of the molecule is C=C(C)c1cc2cc(C(C)=O)[nH]c2cc1C(=O)O. The molecule has 1 aromatic heterocycles. The van der Waals surface area contributed by atoms with Gasteiger partial charge in [-0.2, -0.15) is 0 Å². The van der Waals surface area contributed by atoms with Gasteiger partial charge in [-0.05, 0) is 30.7 Å². The van der Waals surface area contributed by atoms with Crippen LogP contribution in [-0.2, 0) is 0 Å². The molecule has 0 spiro atoms. The van der Waals surface area contributed by atoms with Crippen molar-refractivity contribution in [1.82, 2.24) is 4.98 Å². The largest absolute Gasteiger partial charge is 0.478 e. The number of aromatic nitrogens is 1. The van der Waals surface area contributed by atoms with Gasteiger partial charge >= 0.3 is 5.97 Å². The lowest BCUT2D eigenvalue weighted by Crippen LogP contribution is -2.00. The number of carbonyl (C=O) groups is 2. The zero-order valence-corrected chi connectivity index (χ0v) is 10.2. The Kier molecular flexibility index (Phi) is 2.79. The highest BCUT2D eigenvalue weighted by Gasteiger charge is 2.14. The summed E-state index contributed by atoms with van der Waals surface area (Å²) >= 11 is 0. The summed E-state index contributed by atoms with van der Waals surface area (Å²) in [5.41, 5.74) is 2.57. The van der Waals surface area contributed by atoms with Gasteiger partial charge in [0.15, 0.2) is 5.78 Å². The van der Waals surface area contributed by atoms with Crippen molar-refractivity contribution in [1.29, 1.82) is 0 Å². The van der Waals surface area contributed by atoms with E-state index in [1.54, 1.807) is 19.1 Å². The second-order valence-electron chi connectivity index (χ2n) is 4.31. The predicted octanol–water partition coefficient (Wildman–Crippen LogP) is 3.10. The fourth-order valence-corrected chi connectivity index (χ4v) is 1.90. The first-order chi connectivity index (χ1) is 8.40. The summed E-state index contributed by atoms with van der Waals surface area (Å²) in [6.45, 7) is 6.99. The van der Waals surface area contributed by atoms with Crippen LogP contribution in [0, 0.1) is 0 Å². The molecule has 0 radical (unpaired) electrons. The average Bonchev–Trinajstić information content (AvgIpc) is 2.69. The first kappa shape index (κ1) is 12.1. The zero-order valence-electron chi connectivity index (χ0n) is 10.2. The van der Waals surface area contributed by atoms with Crippen LogP contribution in [0.15, 0.2) is 24.8 Å². The molecule has 0 saturated carbocycles. The number of ketones is 1. The third kappa shape index (κ3) is 1.93. The number of aromatic carboxylic acids is 1. The number of rotatable bonds is 3. The Balaban J connectivity index is 2.76. The topological polar surface area (TPSA) is 70.2 Å². The van der Waals surface area contributed by atoms with Crippen LogP contribution in [0.2, 0.25) is 0 Å². The number of carboxylic acids is 1. The van der Waals surface area contributed by atoms with Crippen molar-refractivity contribution in [3.63, 3.8) is 0 Å². The number of benzene rings is 1.